The molecule has 0 fully saturated rings. The van der Waals surface area contributed by atoms with Crippen molar-refractivity contribution in [2.45, 2.75) is 18.9 Å². The number of aliphatic carboxylic acids is 1. The Morgan fingerprint density at radius 3 is 1.79 bits per heavy atom. The zero-order chi connectivity index (χ0) is 8.15. The van der Waals surface area contributed by atoms with E-state index in [4.69, 9.17) is 16.6 Å². The van der Waals surface area contributed by atoms with E-state index in [1.807, 2.05) is 0 Å². The van der Waals surface area contributed by atoms with Gasteiger partial charge >= 0.3 is 23.0 Å². The number of carboxylic acids is 1. The minimum absolute atomic E-state index is 0. The summed E-state index contributed by atoms with van der Waals surface area (Å²) in [5.41, 5.74) is 9.81. The molecule has 0 rings (SSSR count). The Morgan fingerprint density at radius 1 is 1.21 bits per heavy atom. The van der Waals surface area contributed by atoms with Crippen LogP contribution in [0.1, 0.15) is 12.8 Å². The van der Waals surface area contributed by atoms with Gasteiger partial charge in [-0.2, -0.15) is 0 Å². The number of carbonyl (C=O) groups is 2. The first-order chi connectivity index (χ1) is 4.54. The van der Waals surface area contributed by atoms with Gasteiger partial charge in [-0.3, -0.25) is 9.59 Å². The summed E-state index contributed by atoms with van der Waals surface area (Å²) >= 11 is 0. The van der Waals surface area contributed by atoms with Crippen LogP contribution in [0.4, 0.5) is 0 Å². The molecule has 1 radical (unpaired) electrons. The molecule has 0 aromatic heterocycles. The smallest absolute Gasteiger partial charge is 1.00 e. The van der Waals surface area contributed by atoms with Crippen molar-refractivity contribution in [3.8, 4) is 0 Å². The van der Waals surface area contributed by atoms with Crippen LogP contribution in [0.3, 0.4) is 0 Å². The van der Waals surface area contributed by atoms with Gasteiger partial charge in [-0.1, -0.05) is 0 Å². The predicted molar refractivity (Wildman–Crippen MR) is 34.0 cm³/mol. The second-order valence-electron chi connectivity index (χ2n) is 1.95. The van der Waals surface area contributed by atoms with Crippen molar-refractivity contribution in [1.29, 1.82) is 0 Å². The number of hydrogen-bond donors (Lipinski definition) is 3. The predicted octanol–water partition coefficient (Wildman–Crippen LogP) is -10.3. The number of carbonyl (C=O) groups excluding carboxylic acids is 1. The Kier molecular flexibility index (Phi) is 32.9. The van der Waals surface area contributed by atoms with Crippen LogP contribution >= 0.6 is 0 Å². The number of nitrogens with two attached hydrogens (primary N) is 2. The molecule has 0 saturated heterocycles. The fourth-order valence-electron chi connectivity index (χ4n) is 0.421. The molecule has 0 aliphatic carbocycles. The minimum atomic E-state index is -1.11. The monoisotopic (exact) mass is 307 g/mol. The summed E-state index contributed by atoms with van der Waals surface area (Å²) in [5.74, 6) is -1.64. The van der Waals surface area contributed by atoms with E-state index in [0.717, 1.165) is 0 Å². The number of rotatable bonds is 4. The number of amides is 1. The van der Waals surface area contributed by atoms with E-state index in [1.165, 1.54) is 0 Å². The molecule has 9 heteroatoms. The third-order valence-electron chi connectivity index (χ3n) is 1.02. The van der Waals surface area contributed by atoms with Gasteiger partial charge in [0, 0.05) is 6.42 Å². The zero-order valence-corrected chi connectivity index (χ0v) is 10.3. The van der Waals surface area contributed by atoms with E-state index in [2.05, 4.69) is 0 Å². The number of halogens is 3. The average Bonchev–Trinajstić information content (AvgIpc) is 1.82. The quantitative estimate of drug-likeness (QED) is 0.448. The van der Waals surface area contributed by atoms with Gasteiger partial charge in [0.25, 0.3) is 0 Å². The first-order valence-corrected chi connectivity index (χ1v) is 2.80. The fourth-order valence-corrected chi connectivity index (χ4v) is 0.421. The summed E-state index contributed by atoms with van der Waals surface area (Å²) < 4.78 is 0. The average molecular weight is 308 g/mol. The summed E-state index contributed by atoms with van der Waals surface area (Å²) in [6.45, 7) is 0. The van der Waals surface area contributed by atoms with E-state index in [1.54, 1.807) is 0 Å². The minimum Gasteiger partial charge on any atom is -1.00 e. The van der Waals surface area contributed by atoms with E-state index in [0.29, 0.717) is 0 Å². The van der Waals surface area contributed by atoms with Gasteiger partial charge in [0.05, 0.1) is 0 Å². The molecular formula is C5H10Cl3FeN2O3. The maximum Gasteiger partial charge on any atom is 3.00 e. The van der Waals surface area contributed by atoms with Crippen LogP contribution in [-0.4, -0.2) is 23.0 Å². The summed E-state index contributed by atoms with van der Waals surface area (Å²) in [5, 5.41) is 8.22. The summed E-state index contributed by atoms with van der Waals surface area (Å²) in [6, 6.07) is -0.979. The maximum atomic E-state index is 10.1. The third kappa shape index (κ3) is 18.2. The molecule has 5 N–H and O–H groups in total. The first-order valence-electron chi connectivity index (χ1n) is 2.80. The third-order valence-corrected chi connectivity index (χ3v) is 1.02. The molecular weight excluding hydrogens is 298 g/mol. The molecule has 1 atom stereocenters. The van der Waals surface area contributed by atoms with Crippen molar-refractivity contribution in [3.63, 3.8) is 0 Å². The molecule has 0 heterocycles. The van der Waals surface area contributed by atoms with E-state index >= 15 is 0 Å². The SMILES string of the molecule is NC(=O)CC[C@H](N)C(=O)O.[Cl-].[Cl-].[Cl-].[Fe+3]. The van der Waals surface area contributed by atoms with Crippen LogP contribution in [-0.2, 0) is 26.7 Å². The van der Waals surface area contributed by atoms with Gasteiger partial charge in [0.1, 0.15) is 6.04 Å². The Bertz CT molecular complexity index is 161. The Labute approximate surface area is 111 Å². The second-order valence-corrected chi connectivity index (χ2v) is 1.95. The zero-order valence-electron chi connectivity index (χ0n) is 6.90. The van der Waals surface area contributed by atoms with Crippen LogP contribution < -0.4 is 48.7 Å². The topological polar surface area (TPSA) is 106 Å². The summed E-state index contributed by atoms with van der Waals surface area (Å²) in [6.07, 6.45) is 0.123. The first kappa shape index (κ1) is 29.2. The fraction of sp³-hybridized carbons (Fsp3) is 0.600. The van der Waals surface area contributed by atoms with Gasteiger partial charge in [-0.25, -0.2) is 0 Å². The molecule has 0 aliphatic heterocycles. The summed E-state index contributed by atoms with van der Waals surface area (Å²) in [4.78, 5) is 20.1. The molecule has 1 amide bonds. The van der Waals surface area contributed by atoms with E-state index in [-0.39, 0.29) is 67.1 Å². The van der Waals surface area contributed by atoms with E-state index in [9.17, 15) is 9.59 Å². The molecule has 0 saturated carbocycles. The largest absolute Gasteiger partial charge is 3.00 e. The molecule has 5 nitrogen and oxygen atoms in total. The Morgan fingerprint density at radius 2 is 1.57 bits per heavy atom. The summed E-state index contributed by atoms with van der Waals surface area (Å²) in [7, 11) is 0. The molecule has 0 aromatic rings. The Balaban J connectivity index is -0.0000000675. The van der Waals surface area contributed by atoms with Crippen LogP contribution in [0.15, 0.2) is 0 Å². The molecule has 14 heavy (non-hydrogen) atoms. The van der Waals surface area contributed by atoms with Crippen molar-refractivity contribution < 1.29 is 69.0 Å². The molecule has 0 spiro atoms. The van der Waals surface area contributed by atoms with Gasteiger partial charge in [0.2, 0.25) is 5.91 Å². The molecule has 0 bridgehead atoms. The molecule has 0 aromatic carbocycles. The van der Waals surface area contributed by atoms with E-state index < -0.39 is 17.9 Å². The Hall–Kier alpha value is 0.289. The van der Waals surface area contributed by atoms with Gasteiger partial charge in [-0.15, -0.1) is 0 Å². The number of carboxylic acid groups (broad SMARTS) is 1. The second kappa shape index (κ2) is 15.7. The standard InChI is InChI=1S/C5H10N2O3.3ClH.Fe/c6-3(5(9)10)1-2-4(7)8;;;;/h3H,1-2,6H2,(H2,7,8)(H,9,10);3*1H;/q;;;;+3/p-3/t3-;;;;/m0..../s1. The molecule has 0 aliphatic rings. The van der Waals surface area contributed by atoms with Crippen molar-refractivity contribution in [3.05, 3.63) is 0 Å². The van der Waals surface area contributed by atoms with Crippen molar-refractivity contribution in [2.75, 3.05) is 0 Å². The molecule has 0 unspecified atom stereocenters. The number of primary amides is 1. The number of hydrogen-bond acceptors (Lipinski definition) is 3. The van der Waals surface area contributed by atoms with Crippen LogP contribution in [0.2, 0.25) is 0 Å². The molecule has 87 valence electrons. The van der Waals surface area contributed by atoms with Crippen LogP contribution in [0.25, 0.3) is 0 Å². The van der Waals surface area contributed by atoms with Crippen LogP contribution in [0, 0.1) is 0 Å². The van der Waals surface area contributed by atoms with Gasteiger partial charge in [-0.05, 0) is 6.42 Å². The maximum absolute atomic E-state index is 10.1. The normalized spacial score (nSPS) is 8.93. The van der Waals surface area contributed by atoms with Gasteiger partial charge < -0.3 is 53.8 Å². The van der Waals surface area contributed by atoms with Crippen molar-refractivity contribution in [2.24, 2.45) is 11.5 Å². The van der Waals surface area contributed by atoms with Gasteiger partial charge in [0.15, 0.2) is 0 Å². The van der Waals surface area contributed by atoms with Crippen molar-refractivity contribution in [1.82, 2.24) is 0 Å². The van der Waals surface area contributed by atoms with Crippen LogP contribution in [0.5, 0.6) is 0 Å². The van der Waals surface area contributed by atoms with Crippen molar-refractivity contribution >= 4 is 11.9 Å².